The molecule has 3 heteroatoms. The Labute approximate surface area is 130 Å². The topological polar surface area (TPSA) is 12.0 Å². The summed E-state index contributed by atoms with van der Waals surface area (Å²) in [4.78, 5) is 1.50. The molecule has 1 N–H and O–H groups in total. The number of nitrogens with one attached hydrogen (secondary N) is 1. The Morgan fingerprint density at radius 1 is 1.47 bits per heavy atom. The molecule has 0 spiro atoms. The fourth-order valence-corrected chi connectivity index (χ4v) is 5.01. The van der Waals surface area contributed by atoms with Crippen LogP contribution in [-0.4, -0.2) is 12.6 Å². The summed E-state index contributed by atoms with van der Waals surface area (Å²) in [6.07, 6.45) is 6.58. The fourth-order valence-electron chi connectivity index (χ4n) is 3.46. The Morgan fingerprint density at radius 3 is 2.79 bits per heavy atom. The maximum atomic E-state index is 3.82. The minimum absolute atomic E-state index is 0.500. The lowest BCUT2D eigenvalue weighted by Crippen LogP contribution is -2.42. The lowest BCUT2D eigenvalue weighted by atomic mass is 9.76. The van der Waals surface area contributed by atoms with E-state index < -0.39 is 0 Å². The Kier molecular flexibility index (Phi) is 5.50. The van der Waals surface area contributed by atoms with E-state index in [1.807, 2.05) is 11.3 Å². The maximum absolute atomic E-state index is 3.82. The van der Waals surface area contributed by atoms with Gasteiger partial charge in [-0.05, 0) is 71.6 Å². The van der Waals surface area contributed by atoms with Crippen molar-refractivity contribution in [2.45, 2.75) is 58.9 Å². The minimum atomic E-state index is 0.500. The Bertz CT molecular complexity index is 399. The summed E-state index contributed by atoms with van der Waals surface area (Å²) in [5.41, 5.74) is 0.500. The minimum Gasteiger partial charge on any atom is -0.313 e. The first-order chi connectivity index (χ1) is 9.03. The number of hydrogen-bond acceptors (Lipinski definition) is 2. The lowest BCUT2D eigenvalue weighted by molar-refractivity contribution is 0.196. The molecule has 1 aromatic rings. The molecule has 0 saturated heterocycles. The monoisotopic (exact) mass is 343 g/mol. The van der Waals surface area contributed by atoms with Crippen LogP contribution < -0.4 is 5.32 Å². The second-order valence-corrected chi connectivity index (χ2v) is 9.01. The van der Waals surface area contributed by atoms with Crippen LogP contribution in [0.4, 0.5) is 0 Å². The molecular formula is C16H26BrNS. The molecule has 1 saturated carbocycles. The fraction of sp³-hybridized carbons (Fsp3) is 0.750. The molecule has 1 fully saturated rings. The average Bonchev–Trinajstić information content (AvgIpc) is 2.90. The molecule has 0 bridgehead atoms. The van der Waals surface area contributed by atoms with Gasteiger partial charge in [-0.25, -0.2) is 0 Å². The van der Waals surface area contributed by atoms with E-state index in [0.29, 0.717) is 11.5 Å². The maximum Gasteiger partial charge on any atom is 0.0701 e. The molecule has 0 radical (unpaired) electrons. The molecule has 1 aromatic heterocycles. The van der Waals surface area contributed by atoms with Gasteiger partial charge >= 0.3 is 0 Å². The Morgan fingerprint density at radius 2 is 2.26 bits per heavy atom. The zero-order valence-electron chi connectivity index (χ0n) is 12.3. The van der Waals surface area contributed by atoms with Crippen LogP contribution in [0.1, 0.15) is 51.3 Å². The van der Waals surface area contributed by atoms with Crippen molar-refractivity contribution in [1.82, 2.24) is 5.32 Å². The summed E-state index contributed by atoms with van der Waals surface area (Å²) in [5.74, 6) is 0.819. The van der Waals surface area contributed by atoms with Crippen molar-refractivity contribution >= 4 is 27.3 Å². The van der Waals surface area contributed by atoms with Crippen molar-refractivity contribution < 1.29 is 0 Å². The van der Waals surface area contributed by atoms with Gasteiger partial charge in [0.2, 0.25) is 0 Å². The van der Waals surface area contributed by atoms with E-state index in [1.54, 1.807) is 0 Å². The largest absolute Gasteiger partial charge is 0.313 e. The van der Waals surface area contributed by atoms with Crippen molar-refractivity contribution in [2.24, 2.45) is 11.3 Å². The van der Waals surface area contributed by atoms with Crippen LogP contribution in [0.15, 0.2) is 15.9 Å². The summed E-state index contributed by atoms with van der Waals surface area (Å²) in [5, 5.41) is 3.82. The first-order valence-corrected chi connectivity index (χ1v) is 9.11. The summed E-state index contributed by atoms with van der Waals surface area (Å²) in [7, 11) is 0. The molecule has 0 amide bonds. The van der Waals surface area contributed by atoms with E-state index in [2.05, 4.69) is 54.2 Å². The van der Waals surface area contributed by atoms with Gasteiger partial charge in [0, 0.05) is 10.9 Å². The van der Waals surface area contributed by atoms with Crippen molar-refractivity contribution in [3.05, 3.63) is 20.8 Å². The molecule has 2 unspecified atom stereocenters. The van der Waals surface area contributed by atoms with Crippen molar-refractivity contribution in [2.75, 3.05) is 6.54 Å². The van der Waals surface area contributed by atoms with Crippen LogP contribution in [-0.2, 0) is 6.42 Å². The van der Waals surface area contributed by atoms with Crippen LogP contribution in [0.2, 0.25) is 0 Å². The van der Waals surface area contributed by atoms with Gasteiger partial charge in [-0.15, -0.1) is 11.3 Å². The highest BCUT2D eigenvalue weighted by Gasteiger charge is 2.39. The van der Waals surface area contributed by atoms with E-state index in [-0.39, 0.29) is 0 Å². The zero-order chi connectivity index (χ0) is 13.9. The molecule has 1 aliphatic carbocycles. The smallest absolute Gasteiger partial charge is 0.0701 e. The van der Waals surface area contributed by atoms with Gasteiger partial charge in [-0.2, -0.15) is 0 Å². The Hall–Kier alpha value is 0.140. The summed E-state index contributed by atoms with van der Waals surface area (Å²) in [6, 6.07) is 5.09. The van der Waals surface area contributed by atoms with Crippen LogP contribution in [0, 0.1) is 11.3 Å². The second kappa shape index (κ2) is 6.73. The zero-order valence-corrected chi connectivity index (χ0v) is 14.7. The van der Waals surface area contributed by atoms with Crippen molar-refractivity contribution in [3.8, 4) is 0 Å². The number of thiophene rings is 1. The van der Waals surface area contributed by atoms with Crippen LogP contribution in [0.5, 0.6) is 0 Å². The van der Waals surface area contributed by atoms with E-state index >= 15 is 0 Å². The highest BCUT2D eigenvalue weighted by molar-refractivity contribution is 9.11. The third kappa shape index (κ3) is 4.05. The molecule has 1 aliphatic rings. The highest BCUT2D eigenvalue weighted by atomic mass is 79.9. The van der Waals surface area contributed by atoms with Crippen molar-refractivity contribution in [3.63, 3.8) is 0 Å². The van der Waals surface area contributed by atoms with E-state index in [0.717, 1.165) is 12.5 Å². The molecule has 2 rings (SSSR count). The number of rotatable bonds is 6. The van der Waals surface area contributed by atoms with Gasteiger partial charge < -0.3 is 5.32 Å². The van der Waals surface area contributed by atoms with Crippen LogP contribution in [0.25, 0.3) is 0 Å². The Balaban J connectivity index is 2.07. The van der Waals surface area contributed by atoms with Gasteiger partial charge in [0.15, 0.2) is 0 Å². The third-order valence-corrected chi connectivity index (χ3v) is 6.18. The van der Waals surface area contributed by atoms with Gasteiger partial charge in [0.05, 0.1) is 3.79 Å². The molecule has 108 valence electrons. The standard InChI is InChI=1S/C16H26BrNS/c1-4-10-18-14(11-12-7-8-15(17)19-12)13-6-5-9-16(13,2)3/h7-8,13-14,18H,4-6,9-11H2,1-3H3. The van der Waals surface area contributed by atoms with E-state index in [9.17, 15) is 0 Å². The summed E-state index contributed by atoms with van der Waals surface area (Å²) < 4.78 is 1.25. The first kappa shape index (κ1) is 15.5. The number of hydrogen-bond donors (Lipinski definition) is 1. The third-order valence-electron chi connectivity index (χ3n) is 4.53. The summed E-state index contributed by atoms with van der Waals surface area (Å²) >= 11 is 5.46. The van der Waals surface area contributed by atoms with Crippen molar-refractivity contribution in [1.29, 1.82) is 0 Å². The van der Waals surface area contributed by atoms with Crippen LogP contribution >= 0.6 is 27.3 Å². The van der Waals surface area contributed by atoms with Crippen LogP contribution in [0.3, 0.4) is 0 Å². The predicted octanol–water partition coefficient (Wildman–Crippen LogP) is 5.25. The predicted molar refractivity (Wildman–Crippen MR) is 88.9 cm³/mol. The summed E-state index contributed by atoms with van der Waals surface area (Å²) in [6.45, 7) is 8.31. The molecule has 19 heavy (non-hydrogen) atoms. The van der Waals surface area contributed by atoms with Gasteiger partial charge in [0.1, 0.15) is 0 Å². The normalized spacial score (nSPS) is 23.7. The molecule has 1 heterocycles. The molecular weight excluding hydrogens is 318 g/mol. The average molecular weight is 344 g/mol. The number of halogens is 1. The molecule has 0 aromatic carbocycles. The molecule has 2 atom stereocenters. The highest BCUT2D eigenvalue weighted by Crippen LogP contribution is 2.45. The SMILES string of the molecule is CCCNC(Cc1ccc(Br)s1)C1CCCC1(C)C. The second-order valence-electron chi connectivity index (χ2n) is 6.46. The van der Waals surface area contributed by atoms with Gasteiger partial charge in [-0.3, -0.25) is 0 Å². The van der Waals surface area contributed by atoms with Gasteiger partial charge in [0.25, 0.3) is 0 Å². The van der Waals surface area contributed by atoms with Gasteiger partial charge in [-0.1, -0.05) is 27.2 Å². The van der Waals surface area contributed by atoms with E-state index in [4.69, 9.17) is 0 Å². The molecule has 1 nitrogen and oxygen atoms in total. The first-order valence-electron chi connectivity index (χ1n) is 7.50. The molecule has 0 aliphatic heterocycles. The van der Waals surface area contributed by atoms with E-state index in [1.165, 1.54) is 40.8 Å². The quantitative estimate of drug-likeness (QED) is 0.743. The lowest BCUT2D eigenvalue weighted by Gasteiger charge is -2.35.